The van der Waals surface area contributed by atoms with Gasteiger partial charge in [-0.3, -0.25) is 9.59 Å². The first-order chi connectivity index (χ1) is 16.6. The van der Waals surface area contributed by atoms with E-state index in [1.807, 2.05) is 31.2 Å². The number of fused-ring (bicyclic) bond motifs is 1. The fraction of sp³-hybridized carbons (Fsp3) is 0.423. The third-order valence-corrected chi connectivity index (χ3v) is 7.56. The van der Waals surface area contributed by atoms with Crippen LogP contribution >= 0.6 is 11.3 Å². The van der Waals surface area contributed by atoms with Gasteiger partial charge < -0.3 is 19.3 Å². The number of benzene rings is 1. The SMILES string of the molecule is CCOC(=O)C1CCCN(C(=O)c2ccc(-c3cc4ccccc4s3)nc2N2CCOCC2)C1. The molecule has 4 heterocycles. The molecule has 2 fully saturated rings. The van der Waals surface area contributed by atoms with Crippen molar-refractivity contribution in [1.82, 2.24) is 9.88 Å². The standard InChI is InChI=1S/C26H29N3O4S/c1-2-33-26(31)19-7-5-11-29(17-19)25(30)20-9-10-21(27-24(20)28-12-14-32-15-13-28)23-16-18-6-3-4-8-22(18)34-23/h3-4,6,8-10,16,19H,2,5,7,11-15,17H2,1H3. The minimum absolute atomic E-state index is 0.0779. The zero-order chi connectivity index (χ0) is 23.5. The van der Waals surface area contributed by atoms with Crippen LogP contribution in [0.15, 0.2) is 42.5 Å². The van der Waals surface area contributed by atoms with E-state index in [4.69, 9.17) is 14.5 Å². The molecule has 1 atom stereocenters. The van der Waals surface area contributed by atoms with Crippen LogP contribution in [0.5, 0.6) is 0 Å². The molecule has 0 spiro atoms. The van der Waals surface area contributed by atoms with Crippen molar-refractivity contribution in [3.8, 4) is 10.6 Å². The smallest absolute Gasteiger partial charge is 0.310 e. The number of rotatable bonds is 5. The van der Waals surface area contributed by atoms with Crippen molar-refractivity contribution in [2.45, 2.75) is 19.8 Å². The first-order valence-electron chi connectivity index (χ1n) is 11.9. The highest BCUT2D eigenvalue weighted by Crippen LogP contribution is 2.34. The molecule has 1 amide bonds. The van der Waals surface area contributed by atoms with Gasteiger partial charge in [-0.2, -0.15) is 0 Å². The van der Waals surface area contributed by atoms with Crippen LogP contribution in [0.4, 0.5) is 5.82 Å². The molecule has 8 heteroatoms. The van der Waals surface area contributed by atoms with E-state index in [2.05, 4.69) is 23.1 Å². The van der Waals surface area contributed by atoms with Crippen LogP contribution in [-0.4, -0.2) is 67.8 Å². The minimum Gasteiger partial charge on any atom is -0.466 e. The Morgan fingerprint density at radius 3 is 2.76 bits per heavy atom. The molecule has 0 bridgehead atoms. The number of ether oxygens (including phenoxy) is 2. The number of esters is 1. The highest BCUT2D eigenvalue weighted by atomic mass is 32.1. The average Bonchev–Trinajstić information content (AvgIpc) is 3.33. The van der Waals surface area contributed by atoms with Gasteiger partial charge in [0.25, 0.3) is 5.91 Å². The van der Waals surface area contributed by atoms with E-state index in [0.29, 0.717) is 57.4 Å². The minimum atomic E-state index is -0.268. The maximum Gasteiger partial charge on any atom is 0.310 e. The second-order valence-corrected chi connectivity index (χ2v) is 9.74. The van der Waals surface area contributed by atoms with Gasteiger partial charge in [-0.05, 0) is 49.4 Å². The van der Waals surface area contributed by atoms with Gasteiger partial charge >= 0.3 is 5.97 Å². The van der Waals surface area contributed by atoms with Gasteiger partial charge in [0.05, 0.1) is 41.9 Å². The number of carbonyl (C=O) groups is 2. The highest BCUT2D eigenvalue weighted by Gasteiger charge is 2.32. The van der Waals surface area contributed by atoms with Crippen LogP contribution in [0.25, 0.3) is 20.7 Å². The van der Waals surface area contributed by atoms with Gasteiger partial charge in [0, 0.05) is 30.9 Å². The summed E-state index contributed by atoms with van der Waals surface area (Å²) in [5.74, 6) is 0.134. The molecule has 2 aliphatic heterocycles. The van der Waals surface area contributed by atoms with Crippen LogP contribution in [-0.2, 0) is 14.3 Å². The maximum absolute atomic E-state index is 13.7. The van der Waals surface area contributed by atoms with Gasteiger partial charge in [0.2, 0.25) is 0 Å². The van der Waals surface area contributed by atoms with Gasteiger partial charge in [-0.25, -0.2) is 4.98 Å². The number of anilines is 1. The second kappa shape index (κ2) is 10.1. The van der Waals surface area contributed by atoms with Gasteiger partial charge in [-0.15, -0.1) is 11.3 Å². The Morgan fingerprint density at radius 2 is 1.97 bits per heavy atom. The number of aromatic nitrogens is 1. The number of likely N-dealkylation sites (tertiary alicyclic amines) is 1. The number of hydrogen-bond donors (Lipinski definition) is 0. The largest absolute Gasteiger partial charge is 0.466 e. The van der Waals surface area contributed by atoms with Crippen molar-refractivity contribution >= 4 is 39.1 Å². The summed E-state index contributed by atoms with van der Waals surface area (Å²) in [6.45, 7) is 5.78. The first kappa shape index (κ1) is 22.8. The molecule has 34 heavy (non-hydrogen) atoms. The molecule has 5 rings (SSSR count). The zero-order valence-electron chi connectivity index (χ0n) is 19.4. The summed E-state index contributed by atoms with van der Waals surface area (Å²) in [6, 6.07) is 14.3. The van der Waals surface area contributed by atoms with E-state index in [1.54, 1.807) is 16.2 Å². The molecule has 2 saturated heterocycles. The van der Waals surface area contributed by atoms with Crippen molar-refractivity contribution in [1.29, 1.82) is 0 Å². The quantitative estimate of drug-likeness (QED) is 0.511. The van der Waals surface area contributed by atoms with E-state index in [-0.39, 0.29) is 17.8 Å². The van der Waals surface area contributed by atoms with Crippen LogP contribution in [0.3, 0.4) is 0 Å². The number of carbonyl (C=O) groups excluding carboxylic acids is 2. The molecule has 0 N–H and O–H groups in total. The molecule has 0 saturated carbocycles. The third-order valence-electron chi connectivity index (χ3n) is 6.42. The number of morpholine rings is 1. The lowest BCUT2D eigenvalue weighted by Gasteiger charge is -2.34. The number of pyridine rings is 1. The molecule has 0 radical (unpaired) electrons. The van der Waals surface area contributed by atoms with E-state index < -0.39 is 0 Å². The fourth-order valence-corrected chi connectivity index (χ4v) is 5.69. The summed E-state index contributed by atoms with van der Waals surface area (Å²) < 4.78 is 12.0. The first-order valence-corrected chi connectivity index (χ1v) is 12.7. The predicted octanol–water partition coefficient (Wildman–Crippen LogP) is 4.22. The van der Waals surface area contributed by atoms with E-state index in [1.165, 1.54) is 10.1 Å². The Bertz CT molecular complexity index is 1150. The Balaban J connectivity index is 1.47. The Labute approximate surface area is 203 Å². The van der Waals surface area contributed by atoms with E-state index in [9.17, 15) is 9.59 Å². The molecule has 1 aromatic carbocycles. The van der Waals surface area contributed by atoms with Gasteiger partial charge in [0.1, 0.15) is 5.82 Å². The number of hydrogen-bond acceptors (Lipinski definition) is 7. The molecular weight excluding hydrogens is 450 g/mol. The number of piperidine rings is 1. The molecule has 1 unspecified atom stereocenters. The van der Waals surface area contributed by atoms with E-state index >= 15 is 0 Å². The van der Waals surface area contributed by atoms with Gasteiger partial charge in [0.15, 0.2) is 0 Å². The number of thiophene rings is 1. The fourth-order valence-electron chi connectivity index (χ4n) is 4.66. The molecular formula is C26H29N3O4S. The lowest BCUT2D eigenvalue weighted by Crippen LogP contribution is -2.44. The van der Waals surface area contributed by atoms with Crippen LogP contribution < -0.4 is 4.90 Å². The van der Waals surface area contributed by atoms with Crippen molar-refractivity contribution < 1.29 is 19.1 Å². The maximum atomic E-state index is 13.7. The van der Waals surface area contributed by atoms with Crippen LogP contribution in [0.1, 0.15) is 30.1 Å². The molecule has 3 aromatic rings. The zero-order valence-corrected chi connectivity index (χ0v) is 20.2. The van der Waals surface area contributed by atoms with E-state index in [0.717, 1.165) is 23.4 Å². The van der Waals surface area contributed by atoms with Crippen LogP contribution in [0.2, 0.25) is 0 Å². The number of nitrogens with zero attached hydrogens (tertiary/aromatic N) is 3. The molecule has 7 nitrogen and oxygen atoms in total. The summed E-state index contributed by atoms with van der Waals surface area (Å²) in [4.78, 5) is 36.0. The summed E-state index contributed by atoms with van der Waals surface area (Å²) in [5, 5.41) is 1.19. The Morgan fingerprint density at radius 1 is 1.15 bits per heavy atom. The molecule has 178 valence electrons. The summed E-state index contributed by atoms with van der Waals surface area (Å²) in [5.41, 5.74) is 1.44. The average molecular weight is 480 g/mol. The third kappa shape index (κ3) is 4.65. The second-order valence-electron chi connectivity index (χ2n) is 8.66. The normalized spacial score (nSPS) is 18.8. The Hall–Kier alpha value is -2.97. The summed E-state index contributed by atoms with van der Waals surface area (Å²) in [6.07, 6.45) is 1.54. The summed E-state index contributed by atoms with van der Waals surface area (Å²) in [7, 11) is 0. The topological polar surface area (TPSA) is 72.0 Å². The lowest BCUT2D eigenvalue weighted by atomic mass is 9.97. The van der Waals surface area contributed by atoms with Gasteiger partial charge in [-0.1, -0.05) is 18.2 Å². The van der Waals surface area contributed by atoms with Crippen LogP contribution in [0, 0.1) is 5.92 Å². The molecule has 0 aliphatic carbocycles. The predicted molar refractivity (Wildman–Crippen MR) is 133 cm³/mol. The summed E-state index contributed by atoms with van der Waals surface area (Å²) >= 11 is 1.70. The van der Waals surface area contributed by atoms with Crippen molar-refractivity contribution in [3.63, 3.8) is 0 Å². The van der Waals surface area contributed by atoms with Crippen molar-refractivity contribution in [2.75, 3.05) is 50.9 Å². The van der Waals surface area contributed by atoms with Crippen molar-refractivity contribution in [2.24, 2.45) is 5.92 Å². The highest BCUT2D eigenvalue weighted by molar-refractivity contribution is 7.22. The molecule has 2 aliphatic rings. The monoisotopic (exact) mass is 479 g/mol. The number of amides is 1. The van der Waals surface area contributed by atoms with Crippen molar-refractivity contribution in [3.05, 3.63) is 48.0 Å². The molecule has 2 aromatic heterocycles. The Kier molecular flexibility index (Phi) is 6.78. The lowest BCUT2D eigenvalue weighted by molar-refractivity contribution is -0.149.